The second-order valence-electron chi connectivity index (χ2n) is 3.77. The Kier molecular flexibility index (Phi) is 5.62. The largest absolute Gasteiger partial charge is 0.489 e. The number of benzene rings is 2. The Hall–Kier alpha value is -1.58. The summed E-state index contributed by atoms with van der Waals surface area (Å²) in [4.78, 5) is 0. The molecule has 4 heteroatoms. The van der Waals surface area contributed by atoms with Crippen LogP contribution in [0.25, 0.3) is 0 Å². The van der Waals surface area contributed by atoms with Crippen molar-refractivity contribution < 1.29 is 9.13 Å². The Labute approximate surface area is 112 Å². The van der Waals surface area contributed by atoms with E-state index < -0.39 is 0 Å². The van der Waals surface area contributed by atoms with Crippen LogP contribution >= 0.6 is 12.4 Å². The lowest BCUT2D eigenvalue weighted by Crippen LogP contribution is -1.98. The fourth-order valence-corrected chi connectivity index (χ4v) is 1.52. The maximum atomic E-state index is 12.9. The van der Waals surface area contributed by atoms with Crippen molar-refractivity contribution in [3.8, 4) is 5.75 Å². The maximum Gasteiger partial charge on any atom is 0.123 e. The maximum absolute atomic E-state index is 12.9. The average molecular weight is 268 g/mol. The van der Waals surface area contributed by atoms with Gasteiger partial charge in [0.2, 0.25) is 0 Å². The standard InChI is InChI=1S/C14H14FNO.ClH/c15-13-3-1-2-12(8-13)10-17-14-6-4-11(9-16)5-7-14;/h1-8H,9-10,16H2;1H. The quantitative estimate of drug-likeness (QED) is 0.923. The Bertz CT molecular complexity index is 487. The minimum atomic E-state index is -0.246. The van der Waals surface area contributed by atoms with Crippen molar-refractivity contribution in [3.63, 3.8) is 0 Å². The SMILES string of the molecule is Cl.NCc1ccc(OCc2cccc(F)c2)cc1. The average Bonchev–Trinajstić information content (AvgIpc) is 2.37. The zero-order valence-electron chi connectivity index (χ0n) is 9.80. The van der Waals surface area contributed by atoms with Crippen LogP contribution in [-0.2, 0) is 13.2 Å². The molecular formula is C14H15ClFNO. The molecule has 0 aliphatic carbocycles. The predicted molar refractivity (Wildman–Crippen MR) is 72.3 cm³/mol. The molecule has 0 spiro atoms. The summed E-state index contributed by atoms with van der Waals surface area (Å²) >= 11 is 0. The molecule has 96 valence electrons. The van der Waals surface area contributed by atoms with Crippen LogP contribution in [0.4, 0.5) is 4.39 Å². The van der Waals surface area contributed by atoms with E-state index in [0.29, 0.717) is 13.2 Å². The summed E-state index contributed by atoms with van der Waals surface area (Å²) in [5, 5.41) is 0. The highest BCUT2D eigenvalue weighted by Gasteiger charge is 1.97. The van der Waals surface area contributed by atoms with Crippen molar-refractivity contribution in [1.29, 1.82) is 0 Å². The van der Waals surface area contributed by atoms with E-state index in [4.69, 9.17) is 10.5 Å². The molecule has 0 aromatic heterocycles. The monoisotopic (exact) mass is 267 g/mol. The van der Waals surface area contributed by atoms with E-state index in [1.807, 2.05) is 30.3 Å². The van der Waals surface area contributed by atoms with Gasteiger partial charge in [0.1, 0.15) is 18.2 Å². The van der Waals surface area contributed by atoms with Gasteiger partial charge in [-0.1, -0.05) is 24.3 Å². The number of rotatable bonds is 4. The minimum Gasteiger partial charge on any atom is -0.489 e. The molecule has 0 aliphatic heterocycles. The molecule has 18 heavy (non-hydrogen) atoms. The summed E-state index contributed by atoms with van der Waals surface area (Å²) in [5.41, 5.74) is 7.37. The second kappa shape index (κ2) is 6.99. The Balaban J connectivity index is 0.00000162. The summed E-state index contributed by atoms with van der Waals surface area (Å²) in [6.45, 7) is 0.879. The van der Waals surface area contributed by atoms with E-state index in [0.717, 1.165) is 16.9 Å². The van der Waals surface area contributed by atoms with Crippen LogP contribution in [0.15, 0.2) is 48.5 Å². The van der Waals surface area contributed by atoms with Crippen LogP contribution in [0.1, 0.15) is 11.1 Å². The van der Waals surface area contributed by atoms with Crippen LogP contribution in [0, 0.1) is 5.82 Å². The Morgan fingerprint density at radius 3 is 2.33 bits per heavy atom. The molecule has 0 amide bonds. The van der Waals surface area contributed by atoms with Crippen LogP contribution in [0.2, 0.25) is 0 Å². The topological polar surface area (TPSA) is 35.2 Å². The minimum absolute atomic E-state index is 0. The lowest BCUT2D eigenvalue weighted by atomic mass is 10.2. The van der Waals surface area contributed by atoms with Crippen molar-refractivity contribution in [2.24, 2.45) is 5.73 Å². The number of nitrogens with two attached hydrogens (primary N) is 1. The molecule has 0 saturated heterocycles. The lowest BCUT2D eigenvalue weighted by Gasteiger charge is -2.06. The van der Waals surface area contributed by atoms with Crippen molar-refractivity contribution >= 4 is 12.4 Å². The van der Waals surface area contributed by atoms with Crippen molar-refractivity contribution in [2.45, 2.75) is 13.2 Å². The number of hydrogen-bond donors (Lipinski definition) is 1. The smallest absolute Gasteiger partial charge is 0.123 e. The van der Waals surface area contributed by atoms with Crippen LogP contribution in [0.5, 0.6) is 5.75 Å². The molecule has 2 N–H and O–H groups in total. The molecule has 0 unspecified atom stereocenters. The van der Waals surface area contributed by atoms with Crippen molar-refractivity contribution in [3.05, 3.63) is 65.5 Å². The van der Waals surface area contributed by atoms with Gasteiger partial charge in [-0.05, 0) is 35.4 Å². The first kappa shape index (κ1) is 14.5. The van der Waals surface area contributed by atoms with E-state index in [-0.39, 0.29) is 18.2 Å². The van der Waals surface area contributed by atoms with Crippen molar-refractivity contribution in [2.75, 3.05) is 0 Å². The first-order valence-corrected chi connectivity index (χ1v) is 5.44. The second-order valence-corrected chi connectivity index (χ2v) is 3.77. The normalized spacial score (nSPS) is 9.67. The van der Waals surface area contributed by atoms with E-state index in [9.17, 15) is 4.39 Å². The number of halogens is 2. The fourth-order valence-electron chi connectivity index (χ4n) is 1.52. The van der Waals surface area contributed by atoms with Crippen LogP contribution in [-0.4, -0.2) is 0 Å². The third-order valence-corrected chi connectivity index (χ3v) is 2.45. The van der Waals surface area contributed by atoms with Gasteiger partial charge in [0.15, 0.2) is 0 Å². The lowest BCUT2D eigenvalue weighted by molar-refractivity contribution is 0.305. The van der Waals surface area contributed by atoms with Crippen LogP contribution < -0.4 is 10.5 Å². The van der Waals surface area contributed by atoms with E-state index in [1.165, 1.54) is 12.1 Å². The molecule has 2 aromatic rings. The molecule has 0 fully saturated rings. The van der Waals surface area contributed by atoms with Gasteiger partial charge in [0, 0.05) is 6.54 Å². The molecule has 0 saturated carbocycles. The third kappa shape index (κ3) is 4.02. The number of hydrogen-bond acceptors (Lipinski definition) is 2. The van der Waals surface area contributed by atoms with Gasteiger partial charge in [-0.15, -0.1) is 12.4 Å². The summed E-state index contributed by atoms with van der Waals surface area (Å²) in [6, 6.07) is 13.9. The first-order chi connectivity index (χ1) is 8.28. The van der Waals surface area contributed by atoms with Gasteiger partial charge in [-0.2, -0.15) is 0 Å². The molecule has 0 radical (unpaired) electrons. The summed E-state index contributed by atoms with van der Waals surface area (Å²) in [5.74, 6) is 0.510. The van der Waals surface area contributed by atoms with Crippen LogP contribution in [0.3, 0.4) is 0 Å². The van der Waals surface area contributed by atoms with E-state index in [1.54, 1.807) is 6.07 Å². The molecule has 0 atom stereocenters. The predicted octanol–water partition coefficient (Wildman–Crippen LogP) is 3.29. The molecule has 2 aromatic carbocycles. The molecule has 0 heterocycles. The Morgan fingerprint density at radius 1 is 1.00 bits per heavy atom. The zero-order valence-corrected chi connectivity index (χ0v) is 10.6. The van der Waals surface area contributed by atoms with Gasteiger partial charge in [-0.3, -0.25) is 0 Å². The summed E-state index contributed by atoms with van der Waals surface area (Å²) < 4.78 is 18.5. The van der Waals surface area contributed by atoms with Gasteiger partial charge < -0.3 is 10.5 Å². The molecule has 2 nitrogen and oxygen atoms in total. The van der Waals surface area contributed by atoms with E-state index in [2.05, 4.69) is 0 Å². The highest BCUT2D eigenvalue weighted by molar-refractivity contribution is 5.85. The van der Waals surface area contributed by atoms with Gasteiger partial charge in [-0.25, -0.2) is 4.39 Å². The molecule has 0 bridgehead atoms. The third-order valence-electron chi connectivity index (χ3n) is 2.45. The highest BCUT2D eigenvalue weighted by Crippen LogP contribution is 2.14. The summed E-state index contributed by atoms with van der Waals surface area (Å²) in [6.07, 6.45) is 0. The molecule has 0 aliphatic rings. The zero-order chi connectivity index (χ0) is 12.1. The molecular weight excluding hydrogens is 253 g/mol. The van der Waals surface area contributed by atoms with Crippen molar-refractivity contribution in [1.82, 2.24) is 0 Å². The Morgan fingerprint density at radius 2 is 1.72 bits per heavy atom. The number of ether oxygens (including phenoxy) is 1. The fraction of sp³-hybridized carbons (Fsp3) is 0.143. The summed E-state index contributed by atoms with van der Waals surface area (Å²) in [7, 11) is 0. The van der Waals surface area contributed by atoms with Gasteiger partial charge in [0.25, 0.3) is 0 Å². The van der Waals surface area contributed by atoms with Gasteiger partial charge in [0.05, 0.1) is 0 Å². The van der Waals surface area contributed by atoms with Gasteiger partial charge >= 0.3 is 0 Å². The van der Waals surface area contributed by atoms with E-state index >= 15 is 0 Å². The first-order valence-electron chi connectivity index (χ1n) is 5.44. The highest BCUT2D eigenvalue weighted by atomic mass is 35.5. The molecule has 2 rings (SSSR count).